The van der Waals surface area contributed by atoms with Gasteiger partial charge in [-0.15, -0.1) is 0 Å². The Morgan fingerprint density at radius 1 is 1.29 bits per heavy atom. The number of carbonyl (C=O) groups excluding carboxylic acids is 1. The molecule has 0 aromatic heterocycles. The van der Waals surface area contributed by atoms with Crippen molar-refractivity contribution in [3.05, 3.63) is 23.8 Å². The fraction of sp³-hybridized carbons (Fsp3) is 0.562. The van der Waals surface area contributed by atoms with Crippen molar-refractivity contribution in [1.29, 1.82) is 0 Å². The van der Waals surface area contributed by atoms with E-state index in [1.54, 1.807) is 0 Å². The van der Waals surface area contributed by atoms with Crippen molar-refractivity contribution in [2.45, 2.75) is 30.7 Å². The van der Waals surface area contributed by atoms with Gasteiger partial charge in [-0.1, -0.05) is 0 Å². The second-order valence-corrected chi connectivity index (χ2v) is 7.89. The second-order valence-electron chi connectivity index (χ2n) is 5.95. The minimum Gasteiger partial charge on any atom is -0.496 e. The van der Waals surface area contributed by atoms with Gasteiger partial charge in [0.2, 0.25) is 10.0 Å². The van der Waals surface area contributed by atoms with Crippen LogP contribution < -0.4 is 10.5 Å². The maximum Gasteiger partial charge on any atom is 0.341 e. The van der Waals surface area contributed by atoms with E-state index in [0.717, 1.165) is 12.8 Å². The molecule has 0 radical (unpaired) electrons. The molecule has 0 saturated carbocycles. The summed E-state index contributed by atoms with van der Waals surface area (Å²) in [5, 5.41) is 0. The number of rotatable bonds is 5. The quantitative estimate of drug-likeness (QED) is 0.797. The van der Waals surface area contributed by atoms with Crippen LogP contribution in [0, 0.1) is 5.92 Å². The van der Waals surface area contributed by atoms with E-state index in [0.29, 0.717) is 19.0 Å². The lowest BCUT2D eigenvalue weighted by atomic mass is 9.92. The summed E-state index contributed by atoms with van der Waals surface area (Å²) < 4.78 is 36.9. The molecule has 1 aliphatic heterocycles. The first-order valence-corrected chi connectivity index (χ1v) is 9.27. The Hall–Kier alpha value is -1.64. The summed E-state index contributed by atoms with van der Waals surface area (Å²) in [6, 6.07) is 4.24. The van der Waals surface area contributed by atoms with Gasteiger partial charge in [0, 0.05) is 25.2 Å². The number of hydrogen-bond acceptors (Lipinski definition) is 6. The highest BCUT2D eigenvalue weighted by molar-refractivity contribution is 7.89. The number of piperidine rings is 1. The molecule has 0 aliphatic carbocycles. The molecule has 1 saturated heterocycles. The van der Waals surface area contributed by atoms with Gasteiger partial charge < -0.3 is 15.2 Å². The molecule has 1 fully saturated rings. The normalized spacial score (nSPS) is 18.2. The molecule has 7 nitrogen and oxygen atoms in total. The average Bonchev–Trinajstić information content (AvgIpc) is 2.60. The van der Waals surface area contributed by atoms with Gasteiger partial charge in [-0.3, -0.25) is 0 Å². The molecular weight excluding hydrogens is 332 g/mol. The number of ether oxygens (including phenoxy) is 2. The van der Waals surface area contributed by atoms with Crippen molar-refractivity contribution < 1.29 is 22.7 Å². The van der Waals surface area contributed by atoms with Gasteiger partial charge >= 0.3 is 5.97 Å². The van der Waals surface area contributed by atoms with Crippen LogP contribution in [0.1, 0.15) is 30.1 Å². The van der Waals surface area contributed by atoms with Crippen molar-refractivity contribution in [2.75, 3.05) is 27.3 Å². The smallest absolute Gasteiger partial charge is 0.341 e. The summed E-state index contributed by atoms with van der Waals surface area (Å²) in [5.41, 5.74) is 6.09. The molecule has 1 aliphatic rings. The zero-order chi connectivity index (χ0) is 17.9. The summed E-state index contributed by atoms with van der Waals surface area (Å²) in [7, 11) is -0.992. The Kier molecular flexibility index (Phi) is 5.84. The highest BCUT2D eigenvalue weighted by Gasteiger charge is 2.31. The third-order valence-electron chi connectivity index (χ3n) is 4.46. The average molecular weight is 356 g/mol. The summed E-state index contributed by atoms with van der Waals surface area (Å²) >= 11 is 0. The van der Waals surface area contributed by atoms with Gasteiger partial charge in [0.25, 0.3) is 0 Å². The van der Waals surface area contributed by atoms with E-state index < -0.39 is 16.0 Å². The second kappa shape index (κ2) is 7.50. The topological polar surface area (TPSA) is 98.9 Å². The Bertz CT molecular complexity index is 694. The van der Waals surface area contributed by atoms with Crippen molar-refractivity contribution in [3.63, 3.8) is 0 Å². The first-order chi connectivity index (χ1) is 11.3. The highest BCUT2D eigenvalue weighted by Crippen LogP contribution is 2.28. The number of methoxy groups -OCH3 is 2. The third-order valence-corrected chi connectivity index (χ3v) is 6.35. The van der Waals surface area contributed by atoms with Crippen LogP contribution in [0.5, 0.6) is 5.75 Å². The van der Waals surface area contributed by atoms with Gasteiger partial charge in [0.05, 0.1) is 19.1 Å². The first kappa shape index (κ1) is 18.7. The van der Waals surface area contributed by atoms with Crippen molar-refractivity contribution in [1.82, 2.24) is 4.31 Å². The minimum absolute atomic E-state index is 0.0642. The lowest BCUT2D eigenvalue weighted by Crippen LogP contribution is -2.42. The molecule has 0 bridgehead atoms. The maximum absolute atomic E-state index is 12.8. The van der Waals surface area contributed by atoms with Crippen LogP contribution in [0.25, 0.3) is 0 Å². The number of benzene rings is 1. The molecule has 2 N–H and O–H groups in total. The minimum atomic E-state index is -3.63. The number of esters is 1. The Morgan fingerprint density at radius 3 is 2.42 bits per heavy atom. The number of hydrogen-bond donors (Lipinski definition) is 1. The molecule has 0 amide bonds. The SMILES string of the molecule is COC(=O)c1ccc(S(=O)(=O)N2CCC(C(C)N)CC2)cc1OC. The molecule has 134 valence electrons. The van der Waals surface area contributed by atoms with Crippen LogP contribution in [0.3, 0.4) is 0 Å². The van der Waals surface area contributed by atoms with E-state index >= 15 is 0 Å². The summed E-state index contributed by atoms with van der Waals surface area (Å²) in [6.45, 7) is 2.83. The third kappa shape index (κ3) is 3.71. The summed E-state index contributed by atoms with van der Waals surface area (Å²) in [5.74, 6) is -0.0605. The lowest BCUT2D eigenvalue weighted by molar-refractivity contribution is 0.0597. The number of sulfonamides is 1. The van der Waals surface area contributed by atoms with E-state index in [9.17, 15) is 13.2 Å². The Balaban J connectivity index is 2.25. The standard InChI is InChI=1S/C16H24N2O5S/c1-11(17)12-6-8-18(9-7-12)24(20,21)13-4-5-14(16(19)23-3)15(10-13)22-2/h4-5,10-12H,6-9,17H2,1-3H3. The van der Waals surface area contributed by atoms with E-state index in [1.165, 1.54) is 36.7 Å². The molecule has 1 atom stereocenters. The van der Waals surface area contributed by atoms with Crippen LogP contribution in [-0.4, -0.2) is 52.0 Å². The monoisotopic (exact) mass is 356 g/mol. The first-order valence-electron chi connectivity index (χ1n) is 7.83. The van der Waals surface area contributed by atoms with Gasteiger partial charge in [-0.2, -0.15) is 4.31 Å². The van der Waals surface area contributed by atoms with E-state index in [4.69, 9.17) is 10.5 Å². The summed E-state index contributed by atoms with van der Waals surface area (Å²) in [6.07, 6.45) is 1.49. The fourth-order valence-electron chi connectivity index (χ4n) is 2.90. The van der Waals surface area contributed by atoms with Gasteiger partial charge in [-0.25, -0.2) is 13.2 Å². The van der Waals surface area contributed by atoms with E-state index in [-0.39, 0.29) is 22.3 Å². The molecule has 8 heteroatoms. The molecule has 1 unspecified atom stereocenters. The molecular formula is C16H24N2O5S. The van der Waals surface area contributed by atoms with E-state index in [1.807, 2.05) is 6.92 Å². The van der Waals surface area contributed by atoms with Crippen molar-refractivity contribution in [3.8, 4) is 5.75 Å². The molecule has 1 aromatic carbocycles. The van der Waals surface area contributed by atoms with Crippen LogP contribution in [0.15, 0.2) is 23.1 Å². The van der Waals surface area contributed by atoms with E-state index in [2.05, 4.69) is 4.74 Å². The number of nitrogens with zero attached hydrogens (tertiary/aromatic N) is 1. The fourth-order valence-corrected chi connectivity index (χ4v) is 4.39. The maximum atomic E-state index is 12.8. The Morgan fingerprint density at radius 2 is 1.92 bits per heavy atom. The van der Waals surface area contributed by atoms with Gasteiger partial charge in [-0.05, 0) is 37.8 Å². The highest BCUT2D eigenvalue weighted by atomic mass is 32.2. The molecule has 2 rings (SSSR count). The largest absolute Gasteiger partial charge is 0.496 e. The zero-order valence-corrected chi connectivity index (χ0v) is 15.0. The molecule has 0 spiro atoms. The van der Waals surface area contributed by atoms with Crippen molar-refractivity contribution in [2.24, 2.45) is 11.7 Å². The van der Waals surface area contributed by atoms with Gasteiger partial charge in [0.15, 0.2) is 0 Å². The Labute approximate surface area is 142 Å². The van der Waals surface area contributed by atoms with Crippen LogP contribution >= 0.6 is 0 Å². The molecule has 1 aromatic rings. The zero-order valence-electron chi connectivity index (χ0n) is 14.2. The van der Waals surface area contributed by atoms with Crippen LogP contribution in [0.4, 0.5) is 0 Å². The predicted octanol–water partition coefficient (Wildman–Crippen LogP) is 1.23. The lowest BCUT2D eigenvalue weighted by Gasteiger charge is -2.33. The molecule has 24 heavy (non-hydrogen) atoms. The number of carbonyl (C=O) groups is 1. The predicted molar refractivity (Wildman–Crippen MR) is 89.5 cm³/mol. The summed E-state index contributed by atoms with van der Waals surface area (Å²) in [4.78, 5) is 11.8. The van der Waals surface area contributed by atoms with Crippen LogP contribution in [-0.2, 0) is 14.8 Å². The molecule has 1 heterocycles. The number of nitrogens with two attached hydrogens (primary N) is 1. The van der Waals surface area contributed by atoms with Gasteiger partial charge in [0.1, 0.15) is 11.3 Å². The van der Waals surface area contributed by atoms with Crippen molar-refractivity contribution >= 4 is 16.0 Å². The van der Waals surface area contributed by atoms with Crippen LogP contribution in [0.2, 0.25) is 0 Å².